The van der Waals surface area contributed by atoms with Crippen molar-refractivity contribution in [2.24, 2.45) is 5.92 Å². The number of methoxy groups -OCH3 is 1. The van der Waals surface area contributed by atoms with Gasteiger partial charge < -0.3 is 14.8 Å². The topological polar surface area (TPSA) is 50.8 Å². The molecule has 7 heteroatoms. The molecule has 2 rings (SSSR count). The molecule has 0 heterocycles. The maximum Gasteiger partial charge on any atom is 0.387 e. The zero-order chi connectivity index (χ0) is 19.1. The second-order valence-electron chi connectivity index (χ2n) is 6.97. The third-order valence-electron chi connectivity index (χ3n) is 4.77. The number of alkyl halides is 2. The quantitative estimate of drug-likeness (QED) is 0.762. The molecule has 0 radical (unpaired) electrons. The van der Waals surface area contributed by atoms with Gasteiger partial charge in [-0.15, -0.1) is 0 Å². The van der Waals surface area contributed by atoms with Crippen LogP contribution < -0.4 is 14.8 Å². The molecule has 1 aliphatic rings. The maximum absolute atomic E-state index is 12.4. The highest BCUT2D eigenvalue weighted by Crippen LogP contribution is 2.29. The van der Waals surface area contributed by atoms with Crippen molar-refractivity contribution in [1.82, 2.24) is 10.2 Å². The summed E-state index contributed by atoms with van der Waals surface area (Å²) >= 11 is 0. The molecule has 0 aliphatic heterocycles. The lowest BCUT2D eigenvalue weighted by Gasteiger charge is -2.30. The lowest BCUT2D eigenvalue weighted by Crippen LogP contribution is -2.44. The van der Waals surface area contributed by atoms with Crippen LogP contribution in [0.3, 0.4) is 0 Å². The number of hydrogen-bond donors (Lipinski definition) is 1. The molecule has 0 aromatic heterocycles. The van der Waals surface area contributed by atoms with Crippen LogP contribution in [-0.4, -0.2) is 44.2 Å². The van der Waals surface area contributed by atoms with Gasteiger partial charge in [-0.1, -0.05) is 25.8 Å². The number of carbonyl (C=O) groups is 1. The van der Waals surface area contributed by atoms with Crippen molar-refractivity contribution in [3.8, 4) is 11.5 Å². The minimum atomic E-state index is -2.90. The summed E-state index contributed by atoms with van der Waals surface area (Å²) in [6, 6.07) is 5.06. The number of halogens is 2. The van der Waals surface area contributed by atoms with Gasteiger partial charge in [-0.25, -0.2) is 0 Å². The highest BCUT2D eigenvalue weighted by atomic mass is 19.3. The highest BCUT2D eigenvalue weighted by molar-refractivity contribution is 5.78. The number of nitrogens with zero attached hydrogens (tertiary/aromatic N) is 1. The summed E-state index contributed by atoms with van der Waals surface area (Å²) in [5.74, 6) is 0.773. The first-order valence-corrected chi connectivity index (χ1v) is 8.98. The van der Waals surface area contributed by atoms with Gasteiger partial charge in [0.2, 0.25) is 5.91 Å². The zero-order valence-electron chi connectivity index (χ0n) is 15.6. The van der Waals surface area contributed by atoms with Crippen molar-refractivity contribution in [2.45, 2.75) is 51.8 Å². The summed E-state index contributed by atoms with van der Waals surface area (Å²) in [5, 5.41) is 3.13. The van der Waals surface area contributed by atoms with Crippen LogP contribution in [0.1, 0.15) is 38.2 Å². The molecule has 0 bridgehead atoms. The van der Waals surface area contributed by atoms with Gasteiger partial charge in [-0.05, 0) is 43.5 Å². The fraction of sp³-hybridized carbons (Fsp3) is 0.632. The van der Waals surface area contributed by atoms with Crippen LogP contribution in [0.25, 0.3) is 0 Å². The Hall–Kier alpha value is -1.89. The smallest absolute Gasteiger partial charge is 0.387 e. The molecule has 1 aromatic carbocycles. The number of hydrogen-bond acceptors (Lipinski definition) is 4. The Labute approximate surface area is 153 Å². The van der Waals surface area contributed by atoms with Gasteiger partial charge in [0.05, 0.1) is 13.7 Å². The normalized spacial score (nSPS) is 20.3. The third-order valence-corrected chi connectivity index (χ3v) is 4.77. The molecule has 1 aromatic rings. The van der Waals surface area contributed by atoms with Gasteiger partial charge >= 0.3 is 6.61 Å². The molecule has 5 nitrogen and oxygen atoms in total. The molecule has 1 aliphatic carbocycles. The first-order chi connectivity index (χ1) is 12.4. The van der Waals surface area contributed by atoms with Crippen molar-refractivity contribution in [3.05, 3.63) is 23.8 Å². The zero-order valence-corrected chi connectivity index (χ0v) is 15.6. The summed E-state index contributed by atoms with van der Waals surface area (Å²) in [4.78, 5) is 14.2. The summed E-state index contributed by atoms with van der Waals surface area (Å²) in [7, 11) is 3.25. The van der Waals surface area contributed by atoms with Crippen molar-refractivity contribution in [2.75, 3.05) is 20.7 Å². The van der Waals surface area contributed by atoms with E-state index in [1.54, 1.807) is 12.1 Å². The fourth-order valence-electron chi connectivity index (χ4n) is 3.40. The second-order valence-corrected chi connectivity index (χ2v) is 6.97. The predicted octanol–water partition coefficient (Wildman–Crippen LogP) is 3.42. The molecular formula is C19H28F2N2O3. The average molecular weight is 370 g/mol. The molecule has 0 unspecified atom stereocenters. The second kappa shape index (κ2) is 9.71. The minimum Gasteiger partial charge on any atom is -0.493 e. The van der Waals surface area contributed by atoms with Gasteiger partial charge in [0.25, 0.3) is 0 Å². The lowest BCUT2D eigenvalue weighted by molar-refractivity contribution is -0.123. The number of ether oxygens (including phenoxy) is 2. The maximum atomic E-state index is 12.4. The van der Waals surface area contributed by atoms with E-state index in [1.165, 1.54) is 19.6 Å². The Morgan fingerprint density at radius 1 is 1.31 bits per heavy atom. The predicted molar refractivity (Wildman–Crippen MR) is 95.5 cm³/mol. The van der Waals surface area contributed by atoms with E-state index in [-0.39, 0.29) is 30.0 Å². The number of rotatable bonds is 8. The van der Waals surface area contributed by atoms with Crippen LogP contribution in [0.5, 0.6) is 11.5 Å². The Morgan fingerprint density at radius 3 is 2.69 bits per heavy atom. The van der Waals surface area contributed by atoms with Gasteiger partial charge in [-0.3, -0.25) is 9.69 Å². The van der Waals surface area contributed by atoms with Crippen LogP contribution in [0.4, 0.5) is 8.78 Å². The molecule has 0 saturated heterocycles. The first-order valence-electron chi connectivity index (χ1n) is 8.98. The Bertz CT molecular complexity index is 598. The summed E-state index contributed by atoms with van der Waals surface area (Å²) in [5.41, 5.74) is 0.852. The average Bonchev–Trinajstić information content (AvgIpc) is 2.57. The summed E-state index contributed by atoms with van der Waals surface area (Å²) in [6.45, 7) is 0.0615. The van der Waals surface area contributed by atoms with Crippen LogP contribution in [0, 0.1) is 5.92 Å². The minimum absolute atomic E-state index is 0.00191. The van der Waals surface area contributed by atoms with Crippen molar-refractivity contribution >= 4 is 5.91 Å². The fourth-order valence-corrected chi connectivity index (χ4v) is 3.40. The van der Waals surface area contributed by atoms with E-state index in [0.29, 0.717) is 12.5 Å². The molecule has 1 fully saturated rings. The van der Waals surface area contributed by atoms with Gasteiger partial charge in [0, 0.05) is 12.6 Å². The van der Waals surface area contributed by atoms with E-state index in [2.05, 4.69) is 17.0 Å². The molecule has 1 N–H and O–H groups in total. The Kier molecular flexibility index (Phi) is 7.63. The van der Waals surface area contributed by atoms with E-state index in [9.17, 15) is 13.6 Å². The number of benzene rings is 1. The molecular weight excluding hydrogens is 342 g/mol. The number of nitrogens with one attached hydrogen (secondary N) is 1. The monoisotopic (exact) mass is 370 g/mol. The molecule has 2 atom stereocenters. The van der Waals surface area contributed by atoms with Gasteiger partial charge in [0.1, 0.15) is 0 Å². The SMILES string of the molecule is COc1cc(CN(C)CC(=O)N[C@@H]2CCCC[C@H]2C)ccc1OC(F)F. The van der Waals surface area contributed by atoms with E-state index in [0.717, 1.165) is 24.8 Å². The Morgan fingerprint density at radius 2 is 2.04 bits per heavy atom. The first kappa shape index (κ1) is 20.4. The van der Waals surface area contributed by atoms with Gasteiger partial charge in [-0.2, -0.15) is 8.78 Å². The van der Waals surface area contributed by atoms with Gasteiger partial charge in [0.15, 0.2) is 11.5 Å². The van der Waals surface area contributed by atoms with E-state index >= 15 is 0 Å². The van der Waals surface area contributed by atoms with E-state index < -0.39 is 6.61 Å². The van der Waals surface area contributed by atoms with E-state index in [4.69, 9.17) is 4.74 Å². The standard InChI is InChI=1S/C19H28F2N2O3/c1-13-6-4-5-7-15(13)22-18(24)12-23(2)11-14-8-9-16(26-19(20)21)17(10-14)25-3/h8-10,13,15,19H,4-7,11-12H2,1-3H3,(H,22,24)/t13-,15-/m1/s1. The van der Waals surface area contributed by atoms with Crippen LogP contribution in [-0.2, 0) is 11.3 Å². The van der Waals surface area contributed by atoms with Crippen LogP contribution >= 0.6 is 0 Å². The number of likely N-dealkylation sites (N-methyl/N-ethyl adjacent to an activating group) is 1. The highest BCUT2D eigenvalue weighted by Gasteiger charge is 2.23. The number of carbonyl (C=O) groups excluding carboxylic acids is 1. The molecule has 0 spiro atoms. The molecule has 1 saturated carbocycles. The lowest BCUT2D eigenvalue weighted by atomic mass is 9.86. The third kappa shape index (κ3) is 6.12. The molecule has 146 valence electrons. The number of amides is 1. The van der Waals surface area contributed by atoms with Crippen molar-refractivity contribution < 1.29 is 23.0 Å². The van der Waals surface area contributed by atoms with E-state index in [1.807, 2.05) is 11.9 Å². The molecule has 26 heavy (non-hydrogen) atoms. The largest absolute Gasteiger partial charge is 0.493 e. The molecule has 1 amide bonds. The summed E-state index contributed by atoms with van der Waals surface area (Å²) < 4.78 is 34.3. The van der Waals surface area contributed by atoms with Crippen LogP contribution in [0.15, 0.2) is 18.2 Å². The van der Waals surface area contributed by atoms with Crippen molar-refractivity contribution in [1.29, 1.82) is 0 Å². The van der Waals surface area contributed by atoms with Crippen molar-refractivity contribution in [3.63, 3.8) is 0 Å². The Balaban J connectivity index is 1.88. The van der Waals surface area contributed by atoms with Crippen LogP contribution in [0.2, 0.25) is 0 Å². The summed E-state index contributed by atoms with van der Waals surface area (Å²) in [6.07, 6.45) is 4.60.